The van der Waals surface area contributed by atoms with E-state index in [0.717, 1.165) is 11.1 Å². The molecule has 0 fully saturated rings. The third-order valence-electron chi connectivity index (χ3n) is 3.24. The molecule has 0 aromatic heterocycles. The van der Waals surface area contributed by atoms with Crippen LogP contribution >= 0.6 is 0 Å². The molecule has 3 N–H and O–H groups in total. The van der Waals surface area contributed by atoms with Gasteiger partial charge >= 0.3 is 11.8 Å². The highest BCUT2D eigenvalue weighted by Crippen LogP contribution is 2.13. The molecule has 2 aromatic carbocycles. The molecule has 0 unspecified atom stereocenters. The first-order chi connectivity index (χ1) is 11.4. The lowest BCUT2D eigenvalue weighted by atomic mass is 10.1. The third kappa shape index (κ3) is 5.24. The van der Waals surface area contributed by atoms with Gasteiger partial charge in [-0.15, -0.1) is 0 Å². The van der Waals surface area contributed by atoms with Gasteiger partial charge in [-0.3, -0.25) is 14.4 Å². The van der Waals surface area contributed by atoms with E-state index in [9.17, 15) is 14.4 Å². The van der Waals surface area contributed by atoms with E-state index < -0.39 is 11.8 Å². The smallest absolute Gasteiger partial charge is 0.313 e. The summed E-state index contributed by atoms with van der Waals surface area (Å²) in [5, 5.41) is 7.69. The van der Waals surface area contributed by atoms with Gasteiger partial charge in [-0.1, -0.05) is 29.8 Å². The molecule has 2 rings (SSSR count). The highest BCUT2D eigenvalue weighted by atomic mass is 16.2. The van der Waals surface area contributed by atoms with Crippen LogP contribution < -0.4 is 16.0 Å². The normalized spacial score (nSPS) is 9.92. The maximum Gasteiger partial charge on any atom is 0.313 e. The summed E-state index contributed by atoms with van der Waals surface area (Å²) in [6, 6.07) is 14.2. The molecule has 0 radical (unpaired) electrons. The maximum absolute atomic E-state index is 11.9. The lowest BCUT2D eigenvalue weighted by Gasteiger charge is -2.08. The Morgan fingerprint density at radius 3 is 1.88 bits per heavy atom. The third-order valence-corrected chi connectivity index (χ3v) is 3.24. The molecule has 0 atom stereocenters. The molecule has 0 saturated heterocycles. The molecule has 124 valence electrons. The Morgan fingerprint density at radius 2 is 1.33 bits per heavy atom. The maximum atomic E-state index is 11.9. The number of amides is 3. The van der Waals surface area contributed by atoms with Crippen LogP contribution in [0, 0.1) is 6.92 Å². The fraction of sp³-hybridized carbons (Fsp3) is 0.167. The second-order valence-electron chi connectivity index (χ2n) is 5.38. The average molecular weight is 325 g/mol. The van der Waals surface area contributed by atoms with Crippen molar-refractivity contribution in [2.75, 3.05) is 10.6 Å². The monoisotopic (exact) mass is 325 g/mol. The van der Waals surface area contributed by atoms with Crippen LogP contribution in [0.15, 0.2) is 48.5 Å². The van der Waals surface area contributed by atoms with Crippen LogP contribution in [0.4, 0.5) is 11.4 Å². The Kier molecular flexibility index (Phi) is 5.68. The second-order valence-corrected chi connectivity index (χ2v) is 5.38. The molecule has 0 heterocycles. The zero-order chi connectivity index (χ0) is 17.5. The number of nitrogens with one attached hydrogen (secondary N) is 3. The summed E-state index contributed by atoms with van der Waals surface area (Å²) in [5.41, 5.74) is 3.14. The van der Waals surface area contributed by atoms with Crippen molar-refractivity contribution in [2.24, 2.45) is 0 Å². The minimum Gasteiger partial charge on any atom is -0.344 e. The fourth-order valence-corrected chi connectivity index (χ4v) is 2.00. The molecule has 6 nitrogen and oxygen atoms in total. The number of hydrogen-bond donors (Lipinski definition) is 3. The fourth-order valence-electron chi connectivity index (χ4n) is 2.00. The van der Waals surface area contributed by atoms with Crippen molar-refractivity contribution in [2.45, 2.75) is 20.4 Å². The van der Waals surface area contributed by atoms with Gasteiger partial charge in [0.25, 0.3) is 0 Å². The number of benzene rings is 2. The summed E-state index contributed by atoms with van der Waals surface area (Å²) < 4.78 is 0. The van der Waals surface area contributed by atoms with E-state index in [1.54, 1.807) is 24.3 Å². The Morgan fingerprint density at radius 1 is 0.792 bits per heavy atom. The molecule has 0 bridgehead atoms. The molecule has 0 saturated carbocycles. The summed E-state index contributed by atoms with van der Waals surface area (Å²) in [7, 11) is 0. The summed E-state index contributed by atoms with van der Waals surface area (Å²) in [4.78, 5) is 34.6. The van der Waals surface area contributed by atoms with Gasteiger partial charge in [-0.05, 0) is 36.8 Å². The number of aryl methyl sites for hydroxylation is 1. The highest BCUT2D eigenvalue weighted by Gasteiger charge is 2.13. The van der Waals surface area contributed by atoms with Crippen molar-refractivity contribution < 1.29 is 14.4 Å². The van der Waals surface area contributed by atoms with Crippen LogP contribution in [0.3, 0.4) is 0 Å². The van der Waals surface area contributed by atoms with E-state index in [4.69, 9.17) is 0 Å². The lowest BCUT2D eigenvalue weighted by Crippen LogP contribution is -2.34. The van der Waals surface area contributed by atoms with E-state index in [1.165, 1.54) is 6.92 Å². The first-order valence-electron chi connectivity index (χ1n) is 7.46. The van der Waals surface area contributed by atoms with Crippen LogP contribution in [0.1, 0.15) is 18.1 Å². The van der Waals surface area contributed by atoms with Crippen LogP contribution in [0.25, 0.3) is 0 Å². The van der Waals surface area contributed by atoms with E-state index in [0.29, 0.717) is 11.4 Å². The molecular weight excluding hydrogens is 306 g/mol. The van der Waals surface area contributed by atoms with Gasteiger partial charge in [0.15, 0.2) is 0 Å². The minimum absolute atomic E-state index is 0.178. The molecule has 0 spiro atoms. The van der Waals surface area contributed by atoms with Gasteiger partial charge in [0, 0.05) is 24.8 Å². The number of anilines is 2. The Hall–Kier alpha value is -3.15. The summed E-state index contributed by atoms with van der Waals surface area (Å²) in [6.07, 6.45) is 0. The summed E-state index contributed by atoms with van der Waals surface area (Å²) >= 11 is 0. The Labute approximate surface area is 140 Å². The molecule has 24 heavy (non-hydrogen) atoms. The van der Waals surface area contributed by atoms with Gasteiger partial charge in [0.1, 0.15) is 0 Å². The summed E-state index contributed by atoms with van der Waals surface area (Å²) in [6.45, 7) is 3.68. The SMILES string of the molecule is CC(=O)Nc1ccc(NC(=O)C(=O)NCc2ccc(C)cc2)cc1. The van der Waals surface area contributed by atoms with Gasteiger partial charge in [-0.2, -0.15) is 0 Å². The van der Waals surface area contributed by atoms with Crippen molar-refractivity contribution in [3.63, 3.8) is 0 Å². The van der Waals surface area contributed by atoms with Crippen molar-refractivity contribution in [3.05, 3.63) is 59.7 Å². The van der Waals surface area contributed by atoms with Gasteiger partial charge in [-0.25, -0.2) is 0 Å². The Bertz CT molecular complexity index is 737. The predicted molar refractivity (Wildman–Crippen MR) is 92.4 cm³/mol. The van der Waals surface area contributed by atoms with Crippen molar-refractivity contribution in [3.8, 4) is 0 Å². The van der Waals surface area contributed by atoms with Gasteiger partial charge in [0.2, 0.25) is 5.91 Å². The zero-order valence-corrected chi connectivity index (χ0v) is 13.6. The number of hydrogen-bond acceptors (Lipinski definition) is 3. The lowest BCUT2D eigenvalue weighted by molar-refractivity contribution is -0.136. The first kappa shape index (κ1) is 17.2. The van der Waals surface area contributed by atoms with Gasteiger partial charge in [0.05, 0.1) is 0 Å². The number of carbonyl (C=O) groups excluding carboxylic acids is 3. The standard InChI is InChI=1S/C18H19N3O3/c1-12-3-5-14(6-4-12)11-19-17(23)18(24)21-16-9-7-15(8-10-16)20-13(2)22/h3-10H,11H2,1-2H3,(H,19,23)(H,20,22)(H,21,24). The minimum atomic E-state index is -0.741. The molecule has 3 amide bonds. The number of carbonyl (C=O) groups is 3. The summed E-state index contributed by atoms with van der Waals surface area (Å²) in [5.74, 6) is -1.63. The first-order valence-corrected chi connectivity index (χ1v) is 7.46. The van der Waals surface area contributed by atoms with E-state index in [-0.39, 0.29) is 12.5 Å². The van der Waals surface area contributed by atoms with Crippen LogP contribution in [-0.4, -0.2) is 17.7 Å². The van der Waals surface area contributed by atoms with Crippen LogP contribution in [-0.2, 0) is 20.9 Å². The van der Waals surface area contributed by atoms with Gasteiger partial charge < -0.3 is 16.0 Å². The average Bonchev–Trinajstić information content (AvgIpc) is 2.55. The zero-order valence-electron chi connectivity index (χ0n) is 13.6. The van der Waals surface area contributed by atoms with Crippen LogP contribution in [0.5, 0.6) is 0 Å². The largest absolute Gasteiger partial charge is 0.344 e. The topological polar surface area (TPSA) is 87.3 Å². The molecule has 2 aromatic rings. The molecule has 0 aliphatic carbocycles. The van der Waals surface area contributed by atoms with Crippen molar-refractivity contribution >= 4 is 29.1 Å². The number of rotatable bonds is 4. The highest BCUT2D eigenvalue weighted by molar-refractivity contribution is 6.39. The predicted octanol–water partition coefficient (Wildman–Crippen LogP) is 2.21. The second kappa shape index (κ2) is 7.92. The van der Waals surface area contributed by atoms with E-state index in [1.807, 2.05) is 31.2 Å². The van der Waals surface area contributed by atoms with E-state index in [2.05, 4.69) is 16.0 Å². The molecule has 0 aliphatic rings. The molecular formula is C18H19N3O3. The Balaban J connectivity index is 1.85. The quantitative estimate of drug-likeness (QED) is 0.753. The molecule has 0 aliphatic heterocycles. The van der Waals surface area contributed by atoms with E-state index >= 15 is 0 Å². The molecule has 6 heteroatoms. The van der Waals surface area contributed by atoms with Crippen molar-refractivity contribution in [1.29, 1.82) is 0 Å². The van der Waals surface area contributed by atoms with Crippen LogP contribution in [0.2, 0.25) is 0 Å². The van der Waals surface area contributed by atoms with Crippen molar-refractivity contribution in [1.82, 2.24) is 5.32 Å².